The number of carbonyl (C=O) groups is 1. The molecule has 0 fully saturated rings. The fourth-order valence-electron chi connectivity index (χ4n) is 4.22. The Morgan fingerprint density at radius 1 is 0.974 bits per heavy atom. The number of hydrogen-bond acceptors (Lipinski definition) is 4. The zero-order valence-corrected chi connectivity index (χ0v) is 20.3. The minimum atomic E-state index is -5.05. The molecule has 0 unspecified atom stereocenters. The van der Waals surface area contributed by atoms with Gasteiger partial charge in [-0.3, -0.25) is 19.1 Å². The number of amides is 1. The van der Waals surface area contributed by atoms with Crippen molar-refractivity contribution in [2.75, 3.05) is 6.61 Å². The van der Waals surface area contributed by atoms with Gasteiger partial charge in [-0.2, -0.15) is 26.3 Å². The number of fused-ring (bicyclic) bond motifs is 1. The largest absolute Gasteiger partial charge is 0.416 e. The van der Waals surface area contributed by atoms with Gasteiger partial charge in [0.2, 0.25) is 0 Å². The van der Waals surface area contributed by atoms with Crippen LogP contribution in [0.15, 0.2) is 65.6 Å². The molecule has 0 saturated heterocycles. The Morgan fingerprint density at radius 3 is 2.15 bits per heavy atom. The maximum atomic E-state index is 13.5. The summed E-state index contributed by atoms with van der Waals surface area (Å²) in [6, 6.07) is 11.1. The van der Waals surface area contributed by atoms with Crippen LogP contribution in [0.3, 0.4) is 0 Å². The first-order chi connectivity index (χ1) is 18.3. The van der Waals surface area contributed by atoms with Gasteiger partial charge in [-0.1, -0.05) is 35.9 Å². The van der Waals surface area contributed by atoms with Crippen molar-refractivity contribution in [3.63, 3.8) is 0 Å². The fourth-order valence-corrected chi connectivity index (χ4v) is 4.22. The average Bonchev–Trinajstić information content (AvgIpc) is 2.88. The Morgan fingerprint density at radius 2 is 1.59 bits per heavy atom. The third-order valence-electron chi connectivity index (χ3n) is 6.01. The molecule has 0 aliphatic carbocycles. The zero-order valence-electron chi connectivity index (χ0n) is 20.3. The molecular formula is C27H21F6N3O3. The number of aliphatic hydroxyl groups excluding tert-OH is 1. The van der Waals surface area contributed by atoms with Crippen LogP contribution in [0.25, 0.3) is 22.0 Å². The van der Waals surface area contributed by atoms with Crippen LogP contribution in [0, 0.1) is 6.92 Å². The molecule has 4 aromatic rings. The maximum Gasteiger partial charge on any atom is 0.416 e. The second-order valence-corrected chi connectivity index (χ2v) is 8.77. The van der Waals surface area contributed by atoms with E-state index in [-0.39, 0.29) is 29.4 Å². The summed E-state index contributed by atoms with van der Waals surface area (Å²) >= 11 is 0. The van der Waals surface area contributed by atoms with Gasteiger partial charge < -0.3 is 10.4 Å². The van der Waals surface area contributed by atoms with Crippen LogP contribution in [0.4, 0.5) is 26.3 Å². The van der Waals surface area contributed by atoms with Gasteiger partial charge in [0.1, 0.15) is 11.2 Å². The molecule has 0 atom stereocenters. The standard InChI is InChI=1S/C27H21F6N3O3/c1-15-4-6-17(7-5-15)21-20-3-2-8-34-22(20)25(39)36(9-10-37)23(21)24(38)35-14-16-11-18(26(28,29)30)13-19(12-16)27(31,32)33/h2-8,11-13,37H,9-10,14H2,1H3,(H,35,38). The zero-order chi connectivity index (χ0) is 28.5. The quantitative estimate of drug-likeness (QED) is 0.319. The van der Waals surface area contributed by atoms with E-state index in [4.69, 9.17) is 0 Å². The van der Waals surface area contributed by atoms with E-state index in [0.717, 1.165) is 10.1 Å². The first-order valence-electron chi connectivity index (χ1n) is 11.6. The normalized spacial score (nSPS) is 12.1. The lowest BCUT2D eigenvalue weighted by atomic mass is 9.97. The van der Waals surface area contributed by atoms with Crippen LogP contribution < -0.4 is 10.9 Å². The number of alkyl halides is 6. The molecule has 4 rings (SSSR count). The van der Waals surface area contributed by atoms with E-state index in [2.05, 4.69) is 10.3 Å². The van der Waals surface area contributed by atoms with E-state index in [1.54, 1.807) is 36.4 Å². The summed E-state index contributed by atoms with van der Waals surface area (Å²) in [4.78, 5) is 30.9. The van der Waals surface area contributed by atoms with E-state index < -0.39 is 53.7 Å². The molecule has 0 spiro atoms. The molecule has 1 amide bonds. The van der Waals surface area contributed by atoms with Crippen LogP contribution in [-0.4, -0.2) is 27.2 Å². The molecule has 39 heavy (non-hydrogen) atoms. The molecule has 2 heterocycles. The minimum absolute atomic E-state index is 0.00391. The van der Waals surface area contributed by atoms with Crippen molar-refractivity contribution in [1.82, 2.24) is 14.9 Å². The smallest absolute Gasteiger partial charge is 0.395 e. The van der Waals surface area contributed by atoms with Crippen molar-refractivity contribution in [3.8, 4) is 11.1 Å². The first kappa shape index (κ1) is 27.8. The fraction of sp³-hybridized carbons (Fsp3) is 0.222. The Bertz CT molecular complexity index is 1560. The predicted octanol–water partition coefficient (Wildman–Crippen LogP) is 5.33. The van der Waals surface area contributed by atoms with Gasteiger partial charge in [0.25, 0.3) is 11.5 Å². The van der Waals surface area contributed by atoms with Gasteiger partial charge in [-0.05, 0) is 42.3 Å². The average molecular weight is 549 g/mol. The Kier molecular flexibility index (Phi) is 7.51. The molecule has 0 radical (unpaired) electrons. The molecule has 12 heteroatoms. The lowest BCUT2D eigenvalue weighted by Crippen LogP contribution is -2.34. The minimum Gasteiger partial charge on any atom is -0.395 e. The van der Waals surface area contributed by atoms with Gasteiger partial charge in [0, 0.05) is 30.2 Å². The van der Waals surface area contributed by atoms with E-state index in [0.29, 0.717) is 23.1 Å². The number of aryl methyl sites for hydroxylation is 1. The van der Waals surface area contributed by atoms with Crippen LogP contribution in [0.1, 0.15) is 32.7 Å². The molecule has 2 N–H and O–H groups in total. The van der Waals surface area contributed by atoms with E-state index in [9.17, 15) is 41.0 Å². The molecule has 2 aromatic heterocycles. The highest BCUT2D eigenvalue weighted by atomic mass is 19.4. The van der Waals surface area contributed by atoms with Gasteiger partial charge >= 0.3 is 12.4 Å². The van der Waals surface area contributed by atoms with E-state index in [1.165, 1.54) is 6.20 Å². The van der Waals surface area contributed by atoms with Crippen molar-refractivity contribution >= 4 is 16.8 Å². The molecule has 0 aliphatic rings. The van der Waals surface area contributed by atoms with Crippen molar-refractivity contribution in [3.05, 3.63) is 99.1 Å². The number of nitrogens with one attached hydrogen (secondary N) is 1. The lowest BCUT2D eigenvalue weighted by molar-refractivity contribution is -0.143. The molecule has 6 nitrogen and oxygen atoms in total. The Labute approximate surface area is 217 Å². The van der Waals surface area contributed by atoms with Crippen LogP contribution in [0.5, 0.6) is 0 Å². The first-order valence-corrected chi connectivity index (χ1v) is 11.6. The highest BCUT2D eigenvalue weighted by Crippen LogP contribution is 2.36. The number of aromatic nitrogens is 2. The molecule has 0 bridgehead atoms. The number of benzene rings is 2. The number of hydrogen-bond donors (Lipinski definition) is 2. The van der Waals surface area contributed by atoms with Crippen molar-refractivity contribution in [1.29, 1.82) is 0 Å². The lowest BCUT2D eigenvalue weighted by Gasteiger charge is -2.19. The van der Waals surface area contributed by atoms with Crippen molar-refractivity contribution < 1.29 is 36.2 Å². The number of carbonyl (C=O) groups excluding carboxylic acids is 1. The van der Waals surface area contributed by atoms with Crippen LogP contribution >= 0.6 is 0 Å². The Hall–Kier alpha value is -4.19. The topological polar surface area (TPSA) is 84.2 Å². The van der Waals surface area contributed by atoms with Crippen molar-refractivity contribution in [2.24, 2.45) is 0 Å². The summed E-state index contributed by atoms with van der Waals surface area (Å²) < 4.78 is 80.7. The number of nitrogens with zero attached hydrogens (tertiary/aromatic N) is 2. The van der Waals surface area contributed by atoms with Crippen molar-refractivity contribution in [2.45, 2.75) is 32.4 Å². The van der Waals surface area contributed by atoms with Gasteiger partial charge in [0.15, 0.2) is 0 Å². The van der Waals surface area contributed by atoms with Gasteiger partial charge in [0.05, 0.1) is 17.7 Å². The molecule has 2 aromatic carbocycles. The second kappa shape index (κ2) is 10.5. The molecule has 0 aliphatic heterocycles. The predicted molar refractivity (Wildman–Crippen MR) is 131 cm³/mol. The van der Waals surface area contributed by atoms with Gasteiger partial charge in [-0.25, -0.2) is 0 Å². The number of aliphatic hydroxyl groups is 1. The summed E-state index contributed by atoms with van der Waals surface area (Å²) in [5.74, 6) is -0.937. The summed E-state index contributed by atoms with van der Waals surface area (Å²) in [5.41, 5.74) is -2.70. The summed E-state index contributed by atoms with van der Waals surface area (Å²) in [5, 5.41) is 12.3. The van der Waals surface area contributed by atoms with E-state index in [1.807, 2.05) is 6.92 Å². The molecule has 204 valence electrons. The van der Waals surface area contributed by atoms with Crippen LogP contribution in [-0.2, 0) is 25.4 Å². The van der Waals surface area contributed by atoms with Crippen LogP contribution in [0.2, 0.25) is 0 Å². The maximum absolute atomic E-state index is 13.5. The third kappa shape index (κ3) is 5.80. The summed E-state index contributed by atoms with van der Waals surface area (Å²) in [6.45, 7) is 0.300. The third-order valence-corrected chi connectivity index (χ3v) is 6.01. The summed E-state index contributed by atoms with van der Waals surface area (Å²) in [6.07, 6.45) is -8.71. The second-order valence-electron chi connectivity index (χ2n) is 8.77. The number of rotatable bonds is 6. The molecular weight excluding hydrogens is 528 g/mol. The Balaban J connectivity index is 1.85. The summed E-state index contributed by atoms with van der Waals surface area (Å²) in [7, 11) is 0. The number of pyridine rings is 2. The highest BCUT2D eigenvalue weighted by molar-refractivity contribution is 6.07. The molecule has 0 saturated carbocycles. The highest BCUT2D eigenvalue weighted by Gasteiger charge is 2.37. The monoisotopic (exact) mass is 549 g/mol. The SMILES string of the molecule is Cc1ccc(-c2c(C(=O)NCc3cc(C(F)(F)F)cc(C(F)(F)F)c3)n(CCO)c(=O)c3ncccc23)cc1. The number of halogens is 6. The van der Waals surface area contributed by atoms with E-state index >= 15 is 0 Å². The van der Waals surface area contributed by atoms with Gasteiger partial charge in [-0.15, -0.1) is 0 Å².